The molecular formula is C18H28. The smallest absolute Gasteiger partial charge is 0.0238 e. The van der Waals surface area contributed by atoms with Gasteiger partial charge in [0.15, 0.2) is 0 Å². The van der Waals surface area contributed by atoms with Crippen LogP contribution in [0.2, 0.25) is 0 Å². The Morgan fingerprint density at radius 3 is 2.06 bits per heavy atom. The molecule has 0 nitrogen and oxygen atoms in total. The number of hydrogen-bond donors (Lipinski definition) is 0. The molecule has 0 atom stereocenters. The monoisotopic (exact) mass is 244 g/mol. The van der Waals surface area contributed by atoms with Crippen molar-refractivity contribution in [3.63, 3.8) is 0 Å². The molecule has 1 aliphatic carbocycles. The molecule has 0 fully saturated rings. The molecule has 1 aromatic carbocycles. The molecule has 0 N–H and O–H groups in total. The third-order valence-electron chi connectivity index (χ3n) is 2.62. The summed E-state index contributed by atoms with van der Waals surface area (Å²) in [5.74, 6) is 0. The zero-order valence-corrected chi connectivity index (χ0v) is 12.4. The molecular weight excluding hydrogens is 216 g/mol. The summed E-state index contributed by atoms with van der Waals surface area (Å²) in [6.45, 7) is 8.00. The van der Waals surface area contributed by atoms with Gasteiger partial charge in [-0.05, 0) is 31.2 Å². The molecule has 0 radical (unpaired) electrons. The molecule has 18 heavy (non-hydrogen) atoms. The SMILES string of the molecule is C1=CC(CCc2ccccc2)=CCC1.CC.CC. The molecule has 0 spiro atoms. The Bertz CT molecular complexity index is 330. The fraction of sp³-hybridized carbons (Fsp3) is 0.444. The zero-order valence-electron chi connectivity index (χ0n) is 12.4. The minimum atomic E-state index is 1.16. The molecule has 1 aliphatic rings. The van der Waals surface area contributed by atoms with Crippen LogP contribution in [0.25, 0.3) is 0 Å². The Kier molecular flexibility index (Phi) is 11.3. The zero-order chi connectivity index (χ0) is 13.6. The van der Waals surface area contributed by atoms with Crippen LogP contribution in [0.5, 0.6) is 0 Å². The fourth-order valence-corrected chi connectivity index (χ4v) is 1.79. The molecule has 0 amide bonds. The summed E-state index contributed by atoms with van der Waals surface area (Å²) < 4.78 is 0. The van der Waals surface area contributed by atoms with Gasteiger partial charge in [-0.2, -0.15) is 0 Å². The number of allylic oxidation sites excluding steroid dienone is 4. The van der Waals surface area contributed by atoms with Crippen LogP contribution in [0.4, 0.5) is 0 Å². The van der Waals surface area contributed by atoms with E-state index >= 15 is 0 Å². The van der Waals surface area contributed by atoms with E-state index in [4.69, 9.17) is 0 Å². The first-order valence-corrected chi connectivity index (χ1v) is 7.34. The Labute approximate surface area is 113 Å². The number of hydrogen-bond acceptors (Lipinski definition) is 0. The normalized spacial score (nSPS) is 12.6. The van der Waals surface area contributed by atoms with Crippen molar-refractivity contribution in [1.82, 2.24) is 0 Å². The maximum atomic E-state index is 2.36. The van der Waals surface area contributed by atoms with Gasteiger partial charge in [0.2, 0.25) is 0 Å². The van der Waals surface area contributed by atoms with E-state index in [9.17, 15) is 0 Å². The summed E-state index contributed by atoms with van der Waals surface area (Å²) in [7, 11) is 0. The van der Waals surface area contributed by atoms with Gasteiger partial charge in [0.1, 0.15) is 0 Å². The van der Waals surface area contributed by atoms with Gasteiger partial charge in [-0.3, -0.25) is 0 Å². The van der Waals surface area contributed by atoms with Crippen molar-refractivity contribution in [2.75, 3.05) is 0 Å². The maximum absolute atomic E-state index is 2.36. The maximum Gasteiger partial charge on any atom is -0.0238 e. The van der Waals surface area contributed by atoms with Gasteiger partial charge in [0, 0.05) is 0 Å². The summed E-state index contributed by atoms with van der Waals surface area (Å²) in [4.78, 5) is 0. The van der Waals surface area contributed by atoms with Crippen molar-refractivity contribution in [3.05, 3.63) is 59.7 Å². The van der Waals surface area contributed by atoms with Crippen LogP contribution in [-0.4, -0.2) is 0 Å². The number of aryl methyl sites for hydroxylation is 1. The Hall–Kier alpha value is -1.30. The van der Waals surface area contributed by atoms with E-state index in [0.717, 1.165) is 6.42 Å². The van der Waals surface area contributed by atoms with Crippen LogP contribution in [-0.2, 0) is 6.42 Å². The molecule has 0 heteroatoms. The van der Waals surface area contributed by atoms with Gasteiger partial charge in [-0.1, -0.05) is 81.8 Å². The Balaban J connectivity index is 0.000000659. The van der Waals surface area contributed by atoms with E-state index in [1.165, 1.54) is 30.4 Å². The summed E-state index contributed by atoms with van der Waals surface area (Å²) in [6, 6.07) is 10.7. The molecule has 0 aromatic heterocycles. The first-order chi connectivity index (χ1) is 8.95. The highest BCUT2D eigenvalue weighted by Crippen LogP contribution is 2.15. The van der Waals surface area contributed by atoms with Gasteiger partial charge >= 0.3 is 0 Å². The fourth-order valence-electron chi connectivity index (χ4n) is 1.79. The molecule has 0 heterocycles. The highest BCUT2D eigenvalue weighted by molar-refractivity contribution is 5.24. The molecule has 0 saturated carbocycles. The van der Waals surface area contributed by atoms with E-state index in [0.29, 0.717) is 0 Å². The summed E-state index contributed by atoms with van der Waals surface area (Å²) >= 11 is 0. The van der Waals surface area contributed by atoms with Crippen LogP contribution in [0, 0.1) is 0 Å². The van der Waals surface area contributed by atoms with E-state index in [-0.39, 0.29) is 0 Å². The quantitative estimate of drug-likeness (QED) is 0.616. The van der Waals surface area contributed by atoms with E-state index < -0.39 is 0 Å². The first-order valence-electron chi connectivity index (χ1n) is 7.34. The highest BCUT2D eigenvalue weighted by Gasteiger charge is 1.98. The molecule has 0 saturated heterocycles. The lowest BCUT2D eigenvalue weighted by molar-refractivity contribution is 0.920. The Morgan fingerprint density at radius 2 is 1.50 bits per heavy atom. The topological polar surface area (TPSA) is 0 Å². The molecule has 0 unspecified atom stereocenters. The van der Waals surface area contributed by atoms with Gasteiger partial charge < -0.3 is 0 Å². The van der Waals surface area contributed by atoms with Gasteiger partial charge in [0.25, 0.3) is 0 Å². The average molecular weight is 244 g/mol. The van der Waals surface area contributed by atoms with Gasteiger partial charge in [0.05, 0.1) is 0 Å². The molecule has 0 aliphatic heterocycles. The lowest BCUT2D eigenvalue weighted by Gasteiger charge is -2.06. The van der Waals surface area contributed by atoms with Crippen LogP contribution in [0.1, 0.15) is 52.5 Å². The van der Waals surface area contributed by atoms with E-state index in [2.05, 4.69) is 48.6 Å². The van der Waals surface area contributed by atoms with Crippen LogP contribution in [0.15, 0.2) is 54.1 Å². The first kappa shape index (κ1) is 16.7. The second-order valence-corrected chi connectivity index (χ2v) is 3.74. The van der Waals surface area contributed by atoms with Crippen LogP contribution >= 0.6 is 0 Å². The van der Waals surface area contributed by atoms with Crippen molar-refractivity contribution >= 4 is 0 Å². The summed E-state index contributed by atoms with van der Waals surface area (Å²) in [5.41, 5.74) is 2.94. The van der Waals surface area contributed by atoms with Crippen LogP contribution in [0.3, 0.4) is 0 Å². The molecule has 100 valence electrons. The van der Waals surface area contributed by atoms with Crippen molar-refractivity contribution in [1.29, 1.82) is 0 Å². The predicted molar refractivity (Wildman–Crippen MR) is 83.9 cm³/mol. The van der Waals surface area contributed by atoms with Crippen molar-refractivity contribution in [2.45, 2.75) is 53.4 Å². The van der Waals surface area contributed by atoms with Crippen LogP contribution < -0.4 is 0 Å². The lowest BCUT2D eigenvalue weighted by atomic mass is 10.00. The summed E-state index contributed by atoms with van der Waals surface area (Å²) in [5, 5.41) is 0. The largest absolute Gasteiger partial charge is 0.0840 e. The van der Waals surface area contributed by atoms with Gasteiger partial charge in [-0.25, -0.2) is 0 Å². The highest BCUT2D eigenvalue weighted by atomic mass is 14.0. The van der Waals surface area contributed by atoms with Crippen molar-refractivity contribution in [3.8, 4) is 0 Å². The molecule has 0 bridgehead atoms. The van der Waals surface area contributed by atoms with E-state index in [1.54, 1.807) is 0 Å². The minimum absolute atomic E-state index is 1.16. The van der Waals surface area contributed by atoms with Gasteiger partial charge in [-0.15, -0.1) is 0 Å². The second-order valence-electron chi connectivity index (χ2n) is 3.74. The Morgan fingerprint density at radius 1 is 0.833 bits per heavy atom. The third kappa shape index (κ3) is 7.11. The molecule has 1 aromatic rings. The van der Waals surface area contributed by atoms with Crippen molar-refractivity contribution < 1.29 is 0 Å². The number of rotatable bonds is 3. The minimum Gasteiger partial charge on any atom is -0.0840 e. The lowest BCUT2D eigenvalue weighted by Crippen LogP contribution is -1.89. The molecule has 2 rings (SSSR count). The average Bonchev–Trinajstić information content (AvgIpc) is 2.51. The standard InChI is InChI=1S/C14H16.2C2H6/c1-3-7-13(8-4-1)11-12-14-9-5-2-6-10-14;2*1-2/h1,3-5,7-10H,2,6,11-12H2;2*1-2H3. The second kappa shape index (κ2) is 12.2. The van der Waals surface area contributed by atoms with Crippen molar-refractivity contribution in [2.24, 2.45) is 0 Å². The third-order valence-corrected chi connectivity index (χ3v) is 2.62. The predicted octanol–water partition coefficient (Wildman–Crippen LogP) is 5.95. The number of benzene rings is 1. The van der Waals surface area contributed by atoms with E-state index in [1.807, 2.05) is 27.7 Å². The summed E-state index contributed by atoms with van der Waals surface area (Å²) in [6.07, 6.45) is 11.7.